The first-order valence-corrected chi connectivity index (χ1v) is 5.87. The van der Waals surface area contributed by atoms with Crippen LogP contribution in [0.15, 0.2) is 18.3 Å². The van der Waals surface area contributed by atoms with Gasteiger partial charge in [0.2, 0.25) is 0 Å². The van der Waals surface area contributed by atoms with E-state index in [1.807, 2.05) is 32.2 Å². The molecule has 92 valence electrons. The molecule has 0 bridgehead atoms. The normalized spacial score (nSPS) is 25.1. The summed E-state index contributed by atoms with van der Waals surface area (Å²) in [6.07, 6.45) is 2.57. The van der Waals surface area contributed by atoms with Gasteiger partial charge in [-0.1, -0.05) is 6.07 Å². The van der Waals surface area contributed by atoms with E-state index in [1.165, 1.54) is 0 Å². The van der Waals surface area contributed by atoms with Gasteiger partial charge in [0, 0.05) is 19.3 Å². The van der Waals surface area contributed by atoms with Gasteiger partial charge in [-0.3, -0.25) is 14.7 Å². The average molecular weight is 234 g/mol. The molecule has 1 N–H and O–H groups in total. The summed E-state index contributed by atoms with van der Waals surface area (Å²) in [6, 6.07) is 4.04. The zero-order valence-electron chi connectivity index (χ0n) is 10.3. The summed E-state index contributed by atoms with van der Waals surface area (Å²) in [5, 5.41) is 9.15. The monoisotopic (exact) mass is 234 g/mol. The summed E-state index contributed by atoms with van der Waals surface area (Å²) in [5.74, 6) is -0.697. The van der Waals surface area contributed by atoms with Gasteiger partial charge in [0.1, 0.15) is 0 Å². The minimum Gasteiger partial charge on any atom is -0.481 e. The van der Waals surface area contributed by atoms with E-state index in [2.05, 4.69) is 9.88 Å². The van der Waals surface area contributed by atoms with Gasteiger partial charge in [0.25, 0.3) is 0 Å². The summed E-state index contributed by atoms with van der Waals surface area (Å²) in [6.45, 7) is 6.01. The van der Waals surface area contributed by atoms with Gasteiger partial charge >= 0.3 is 5.97 Å². The van der Waals surface area contributed by atoms with Crippen LogP contribution in [0.1, 0.15) is 24.6 Å². The van der Waals surface area contributed by atoms with Crippen LogP contribution in [0.3, 0.4) is 0 Å². The highest BCUT2D eigenvalue weighted by Gasteiger charge is 2.40. The summed E-state index contributed by atoms with van der Waals surface area (Å²) in [7, 11) is 0. The van der Waals surface area contributed by atoms with E-state index in [-0.39, 0.29) is 0 Å². The third kappa shape index (κ3) is 2.64. The molecule has 2 rings (SSSR count). The van der Waals surface area contributed by atoms with Crippen molar-refractivity contribution < 1.29 is 9.90 Å². The highest BCUT2D eigenvalue weighted by molar-refractivity contribution is 5.74. The molecule has 1 aromatic heterocycles. The van der Waals surface area contributed by atoms with Gasteiger partial charge < -0.3 is 5.11 Å². The van der Waals surface area contributed by atoms with Crippen LogP contribution in [-0.2, 0) is 11.3 Å². The molecule has 0 amide bonds. The molecule has 0 saturated carbocycles. The Hall–Kier alpha value is -1.42. The van der Waals surface area contributed by atoms with Crippen molar-refractivity contribution in [2.75, 3.05) is 13.1 Å². The topological polar surface area (TPSA) is 53.4 Å². The van der Waals surface area contributed by atoms with Crippen molar-refractivity contribution in [1.82, 2.24) is 9.88 Å². The first kappa shape index (κ1) is 12.0. The van der Waals surface area contributed by atoms with Crippen LogP contribution in [0.5, 0.6) is 0 Å². The van der Waals surface area contributed by atoms with Crippen molar-refractivity contribution >= 4 is 5.97 Å². The van der Waals surface area contributed by atoms with Gasteiger partial charge in [-0.25, -0.2) is 0 Å². The number of pyridine rings is 1. The number of hydrogen-bond donors (Lipinski definition) is 1. The average Bonchev–Trinajstić information content (AvgIpc) is 2.65. The third-order valence-electron chi connectivity index (χ3n) is 3.43. The molecule has 17 heavy (non-hydrogen) atoms. The lowest BCUT2D eigenvalue weighted by Crippen LogP contribution is -2.31. The molecular weight excluding hydrogens is 216 g/mol. The van der Waals surface area contributed by atoms with Crippen molar-refractivity contribution in [3.63, 3.8) is 0 Å². The minimum absolute atomic E-state index is 0.593. The highest BCUT2D eigenvalue weighted by Crippen LogP contribution is 2.30. The van der Waals surface area contributed by atoms with Crippen molar-refractivity contribution in [2.45, 2.75) is 26.8 Å². The van der Waals surface area contributed by atoms with Crippen molar-refractivity contribution in [3.05, 3.63) is 29.6 Å². The lowest BCUT2D eigenvalue weighted by Gasteiger charge is -2.19. The van der Waals surface area contributed by atoms with Crippen LogP contribution in [0.4, 0.5) is 0 Å². The molecule has 1 fully saturated rings. The number of carbonyl (C=O) groups is 1. The molecule has 1 atom stereocenters. The number of likely N-dealkylation sites (tertiary alicyclic amines) is 1. The fraction of sp³-hybridized carbons (Fsp3) is 0.538. The lowest BCUT2D eigenvalue weighted by molar-refractivity contribution is -0.147. The Morgan fingerprint density at radius 3 is 2.88 bits per heavy atom. The molecule has 4 nitrogen and oxygen atoms in total. The number of aryl methyl sites for hydroxylation is 1. The molecule has 0 spiro atoms. The van der Waals surface area contributed by atoms with Gasteiger partial charge in [-0.05, 0) is 38.4 Å². The Morgan fingerprint density at radius 2 is 2.35 bits per heavy atom. The number of rotatable bonds is 3. The molecule has 4 heteroatoms. The third-order valence-corrected chi connectivity index (χ3v) is 3.43. The Balaban J connectivity index is 1.98. The predicted molar refractivity (Wildman–Crippen MR) is 64.6 cm³/mol. The van der Waals surface area contributed by atoms with Crippen LogP contribution < -0.4 is 0 Å². The molecular formula is C13H18N2O2. The molecule has 1 aliphatic rings. The first-order chi connectivity index (χ1) is 7.99. The molecule has 2 heterocycles. The second-order valence-electron chi connectivity index (χ2n) is 5.15. The maximum Gasteiger partial charge on any atom is 0.310 e. The van der Waals surface area contributed by atoms with Crippen molar-refractivity contribution in [1.29, 1.82) is 0 Å². The fourth-order valence-corrected chi connectivity index (χ4v) is 2.19. The number of carboxylic acid groups (broad SMARTS) is 1. The van der Waals surface area contributed by atoms with Crippen molar-refractivity contribution in [2.24, 2.45) is 5.41 Å². The number of aliphatic carboxylic acids is 1. The summed E-state index contributed by atoms with van der Waals surface area (Å²) >= 11 is 0. The Labute approximate surface area is 101 Å². The van der Waals surface area contributed by atoms with E-state index in [0.29, 0.717) is 13.0 Å². The van der Waals surface area contributed by atoms with Crippen LogP contribution in [-0.4, -0.2) is 34.0 Å². The standard InChI is InChI=1S/C13H18N2O2/c1-10-3-4-11(14-7-10)8-15-6-5-13(2,9-15)12(16)17/h3-4,7H,5-6,8-9H2,1-2H3,(H,16,17). The van der Waals surface area contributed by atoms with Crippen molar-refractivity contribution in [3.8, 4) is 0 Å². The summed E-state index contributed by atoms with van der Waals surface area (Å²) in [4.78, 5) is 17.6. The van der Waals surface area contributed by atoms with Crippen LogP contribution in [0.25, 0.3) is 0 Å². The highest BCUT2D eigenvalue weighted by atomic mass is 16.4. The maximum atomic E-state index is 11.1. The number of hydrogen-bond acceptors (Lipinski definition) is 3. The van der Waals surface area contributed by atoms with E-state index >= 15 is 0 Å². The molecule has 1 saturated heterocycles. The quantitative estimate of drug-likeness (QED) is 0.864. The number of carboxylic acids is 1. The van der Waals surface area contributed by atoms with Gasteiger partial charge in [-0.2, -0.15) is 0 Å². The van der Waals surface area contributed by atoms with Gasteiger partial charge in [0.05, 0.1) is 11.1 Å². The summed E-state index contributed by atoms with van der Waals surface area (Å²) in [5.41, 5.74) is 1.56. The largest absolute Gasteiger partial charge is 0.481 e. The zero-order chi connectivity index (χ0) is 12.5. The second-order valence-corrected chi connectivity index (χ2v) is 5.15. The van der Waals surface area contributed by atoms with E-state index in [1.54, 1.807) is 0 Å². The van der Waals surface area contributed by atoms with Crippen LogP contribution in [0, 0.1) is 12.3 Å². The predicted octanol–water partition coefficient (Wildman–Crippen LogP) is 1.69. The summed E-state index contributed by atoms with van der Waals surface area (Å²) < 4.78 is 0. The van der Waals surface area contributed by atoms with E-state index in [0.717, 1.165) is 24.3 Å². The van der Waals surface area contributed by atoms with E-state index < -0.39 is 11.4 Å². The first-order valence-electron chi connectivity index (χ1n) is 5.87. The zero-order valence-corrected chi connectivity index (χ0v) is 10.3. The second kappa shape index (κ2) is 4.45. The number of nitrogens with zero attached hydrogens (tertiary/aromatic N) is 2. The van der Waals surface area contributed by atoms with Gasteiger partial charge in [0.15, 0.2) is 0 Å². The minimum atomic E-state index is -0.697. The Morgan fingerprint density at radius 1 is 1.59 bits per heavy atom. The number of aromatic nitrogens is 1. The maximum absolute atomic E-state index is 11.1. The van der Waals surface area contributed by atoms with Crippen LogP contribution >= 0.6 is 0 Å². The SMILES string of the molecule is Cc1ccc(CN2CCC(C)(C(=O)O)C2)nc1. The van der Waals surface area contributed by atoms with E-state index in [9.17, 15) is 4.79 Å². The molecule has 1 unspecified atom stereocenters. The fourth-order valence-electron chi connectivity index (χ4n) is 2.19. The Kier molecular flexibility index (Phi) is 3.15. The Bertz CT molecular complexity index is 416. The molecule has 1 aromatic rings. The van der Waals surface area contributed by atoms with Gasteiger partial charge in [-0.15, -0.1) is 0 Å². The molecule has 0 aliphatic carbocycles. The smallest absolute Gasteiger partial charge is 0.310 e. The van der Waals surface area contributed by atoms with E-state index in [4.69, 9.17) is 5.11 Å². The van der Waals surface area contributed by atoms with Crippen LogP contribution in [0.2, 0.25) is 0 Å². The molecule has 0 aromatic carbocycles. The molecule has 0 radical (unpaired) electrons. The lowest BCUT2D eigenvalue weighted by atomic mass is 9.90. The molecule has 1 aliphatic heterocycles.